The standard InChI is InChI=1S/C36H30O5.C10H14O.C5H8O3/c1-25(37)26-9-17-32(18-10-26)40-33-19-11-27(12-20-33)35(38)41-34-23-15-30(16-24-34)36(2,28-7-5-4-6-8-28)29-13-21-31(39-3)22-14-29;1-7-5-8(2)9(3)10(6-7)11-4;1-3-5(6)8-4-7-2/h4-24H,1-3H3;5-6H,1-4H3;3H,1,4H2,2H3. The van der Waals surface area contributed by atoms with Crippen LogP contribution < -0.4 is 18.9 Å². The predicted octanol–water partition coefficient (Wildman–Crippen LogP) is 11.2. The van der Waals surface area contributed by atoms with Crippen LogP contribution in [0, 0.1) is 20.8 Å². The minimum Gasteiger partial charge on any atom is -0.497 e. The second-order valence-corrected chi connectivity index (χ2v) is 13.8. The normalized spacial score (nSPS) is 11.2. The molecule has 0 aliphatic carbocycles. The van der Waals surface area contributed by atoms with Crippen LogP contribution in [0.3, 0.4) is 0 Å². The van der Waals surface area contributed by atoms with E-state index in [2.05, 4.69) is 80.1 Å². The Kier molecular flexibility index (Phi) is 17.0. The molecule has 60 heavy (non-hydrogen) atoms. The van der Waals surface area contributed by atoms with Crippen molar-refractivity contribution in [3.8, 4) is 28.7 Å². The number of methoxy groups -OCH3 is 3. The van der Waals surface area contributed by atoms with E-state index in [1.807, 2.05) is 54.6 Å². The SMILES string of the molecule is C=CC(=O)OCOC.COc1cc(C)cc(C)c1C.COc1ccc(C(C)(c2ccccc2)c2ccc(OC(=O)c3ccc(Oc4ccc(C(C)=O)cc4)cc3)cc2)cc1. The van der Waals surface area contributed by atoms with Crippen LogP contribution in [-0.2, 0) is 19.7 Å². The first kappa shape index (κ1) is 45.7. The first-order chi connectivity index (χ1) is 28.8. The Morgan fingerprint density at radius 3 is 1.60 bits per heavy atom. The van der Waals surface area contributed by atoms with Crippen LogP contribution >= 0.6 is 0 Å². The van der Waals surface area contributed by atoms with Crippen LogP contribution in [0.2, 0.25) is 0 Å². The molecule has 6 aromatic rings. The van der Waals surface area contributed by atoms with Crippen molar-refractivity contribution in [3.63, 3.8) is 0 Å². The predicted molar refractivity (Wildman–Crippen MR) is 235 cm³/mol. The number of benzene rings is 6. The average molecular weight is 809 g/mol. The second-order valence-electron chi connectivity index (χ2n) is 13.8. The third-order valence-corrected chi connectivity index (χ3v) is 9.72. The summed E-state index contributed by atoms with van der Waals surface area (Å²) < 4.78 is 30.9. The highest BCUT2D eigenvalue weighted by atomic mass is 16.7. The Bertz CT molecular complexity index is 2320. The van der Waals surface area contributed by atoms with Gasteiger partial charge in [0.05, 0.1) is 19.8 Å². The number of ketones is 1. The zero-order chi connectivity index (χ0) is 43.7. The number of esters is 2. The summed E-state index contributed by atoms with van der Waals surface area (Å²) in [6.45, 7) is 13.1. The Hall–Kier alpha value is -6.97. The summed E-state index contributed by atoms with van der Waals surface area (Å²) in [6, 6.07) is 43.9. The van der Waals surface area contributed by atoms with Gasteiger partial charge in [-0.3, -0.25) is 4.79 Å². The van der Waals surface area contributed by atoms with Gasteiger partial charge in [-0.2, -0.15) is 0 Å². The van der Waals surface area contributed by atoms with Gasteiger partial charge in [0.15, 0.2) is 12.6 Å². The fourth-order valence-corrected chi connectivity index (χ4v) is 6.16. The lowest BCUT2D eigenvalue weighted by Crippen LogP contribution is -2.25. The van der Waals surface area contributed by atoms with Crippen molar-refractivity contribution in [2.24, 2.45) is 0 Å². The third kappa shape index (κ3) is 12.5. The van der Waals surface area contributed by atoms with Crippen molar-refractivity contribution in [3.05, 3.63) is 197 Å². The molecule has 0 aliphatic heterocycles. The molecule has 310 valence electrons. The summed E-state index contributed by atoms with van der Waals surface area (Å²) in [7, 11) is 4.81. The molecule has 0 fully saturated rings. The summed E-state index contributed by atoms with van der Waals surface area (Å²) >= 11 is 0. The number of carbonyl (C=O) groups excluding carboxylic acids is 3. The van der Waals surface area contributed by atoms with Gasteiger partial charge >= 0.3 is 11.9 Å². The molecule has 0 aliphatic rings. The van der Waals surface area contributed by atoms with E-state index in [-0.39, 0.29) is 12.6 Å². The lowest BCUT2D eigenvalue weighted by molar-refractivity contribution is -0.147. The van der Waals surface area contributed by atoms with Crippen molar-refractivity contribution < 1.29 is 42.8 Å². The van der Waals surface area contributed by atoms with E-state index >= 15 is 0 Å². The molecule has 0 radical (unpaired) electrons. The zero-order valence-corrected chi connectivity index (χ0v) is 35.4. The van der Waals surface area contributed by atoms with Gasteiger partial charge in [-0.1, -0.05) is 67.2 Å². The number of aryl methyl sites for hydroxylation is 2. The lowest BCUT2D eigenvalue weighted by atomic mass is 9.71. The first-order valence-electron chi connectivity index (χ1n) is 19.1. The molecule has 6 rings (SSSR count). The van der Waals surface area contributed by atoms with Crippen molar-refractivity contribution in [1.82, 2.24) is 0 Å². The molecule has 9 heteroatoms. The number of rotatable bonds is 13. The Morgan fingerprint density at radius 2 is 1.12 bits per heavy atom. The van der Waals surface area contributed by atoms with Gasteiger partial charge in [-0.25, -0.2) is 9.59 Å². The molecule has 6 aromatic carbocycles. The van der Waals surface area contributed by atoms with Gasteiger partial charge in [0.1, 0.15) is 28.7 Å². The maximum absolute atomic E-state index is 12.9. The van der Waals surface area contributed by atoms with E-state index in [1.54, 1.807) is 62.8 Å². The minimum absolute atomic E-state index is 0.00323. The summed E-state index contributed by atoms with van der Waals surface area (Å²) in [6.07, 6.45) is 1.08. The van der Waals surface area contributed by atoms with Gasteiger partial charge in [0.2, 0.25) is 0 Å². The molecule has 0 saturated carbocycles. The van der Waals surface area contributed by atoms with E-state index in [9.17, 15) is 14.4 Å². The van der Waals surface area contributed by atoms with E-state index in [1.165, 1.54) is 30.7 Å². The fraction of sp³-hybridized carbons (Fsp3) is 0.196. The first-order valence-corrected chi connectivity index (χ1v) is 19.1. The molecule has 0 heterocycles. The molecule has 1 unspecified atom stereocenters. The summed E-state index contributed by atoms with van der Waals surface area (Å²) in [5.41, 5.74) is 7.70. The second kappa shape index (κ2) is 22.3. The molecule has 9 nitrogen and oxygen atoms in total. The van der Waals surface area contributed by atoms with Crippen LogP contribution in [-0.4, -0.2) is 45.8 Å². The van der Waals surface area contributed by atoms with Gasteiger partial charge in [0.25, 0.3) is 0 Å². The zero-order valence-electron chi connectivity index (χ0n) is 35.4. The highest BCUT2D eigenvalue weighted by Crippen LogP contribution is 2.40. The van der Waals surface area contributed by atoms with Crippen LogP contribution in [0.1, 0.15) is 67.9 Å². The molecule has 0 saturated heterocycles. The number of hydrogen-bond acceptors (Lipinski definition) is 9. The lowest BCUT2D eigenvalue weighted by Gasteiger charge is -2.32. The Labute approximate surface area is 353 Å². The van der Waals surface area contributed by atoms with Crippen molar-refractivity contribution in [2.75, 3.05) is 28.1 Å². The summed E-state index contributed by atoms with van der Waals surface area (Å²) in [5, 5.41) is 0. The largest absolute Gasteiger partial charge is 0.497 e. The van der Waals surface area contributed by atoms with Crippen molar-refractivity contribution in [2.45, 2.75) is 40.0 Å². The van der Waals surface area contributed by atoms with Gasteiger partial charge < -0.3 is 28.4 Å². The number of ether oxygens (including phenoxy) is 6. The number of Topliss-reactive ketones (excluding diaryl/α,β-unsaturated/α-hetero) is 1. The molecule has 0 aromatic heterocycles. The molecule has 0 bridgehead atoms. The molecule has 0 N–H and O–H groups in total. The molecule has 0 spiro atoms. The van der Waals surface area contributed by atoms with Crippen LogP contribution in [0.25, 0.3) is 0 Å². The quantitative estimate of drug-likeness (QED) is 0.0281. The van der Waals surface area contributed by atoms with E-state index in [0.29, 0.717) is 28.4 Å². The Morgan fingerprint density at radius 1 is 0.617 bits per heavy atom. The summed E-state index contributed by atoms with van der Waals surface area (Å²) in [5.74, 6) is 2.48. The monoisotopic (exact) mass is 808 g/mol. The van der Waals surface area contributed by atoms with Crippen LogP contribution in [0.15, 0.2) is 152 Å². The fourth-order valence-electron chi connectivity index (χ4n) is 6.16. The highest BCUT2D eigenvalue weighted by molar-refractivity contribution is 5.94. The van der Waals surface area contributed by atoms with E-state index < -0.39 is 17.4 Å². The van der Waals surface area contributed by atoms with E-state index in [0.717, 1.165) is 34.3 Å². The molecular formula is C51H52O9. The highest BCUT2D eigenvalue weighted by Gasteiger charge is 2.31. The average Bonchev–Trinajstić information content (AvgIpc) is 3.28. The van der Waals surface area contributed by atoms with Gasteiger partial charge in [-0.05, 0) is 147 Å². The topological polar surface area (TPSA) is 107 Å². The van der Waals surface area contributed by atoms with Crippen LogP contribution in [0.4, 0.5) is 0 Å². The van der Waals surface area contributed by atoms with Crippen LogP contribution in [0.5, 0.6) is 28.7 Å². The van der Waals surface area contributed by atoms with Gasteiger partial charge in [0, 0.05) is 24.2 Å². The minimum atomic E-state index is -0.466. The maximum Gasteiger partial charge on any atom is 0.343 e. The van der Waals surface area contributed by atoms with Crippen molar-refractivity contribution in [1.29, 1.82) is 0 Å². The third-order valence-electron chi connectivity index (χ3n) is 9.72. The summed E-state index contributed by atoms with van der Waals surface area (Å²) in [4.78, 5) is 34.5. The molecule has 0 amide bonds. The smallest absolute Gasteiger partial charge is 0.343 e. The van der Waals surface area contributed by atoms with E-state index in [4.69, 9.17) is 18.9 Å². The number of carbonyl (C=O) groups is 3. The van der Waals surface area contributed by atoms with Gasteiger partial charge in [-0.15, -0.1) is 0 Å². The molecule has 1 atom stereocenters. The van der Waals surface area contributed by atoms with Crippen molar-refractivity contribution >= 4 is 17.7 Å². The molecular weight excluding hydrogens is 757 g/mol. The maximum atomic E-state index is 12.9. The number of hydrogen-bond donors (Lipinski definition) is 0. The Balaban J connectivity index is 0.000000344.